The molecule has 222 valence electrons. The van der Waals surface area contributed by atoms with Crippen molar-refractivity contribution < 1.29 is 19.1 Å². The molecular weight excluding hydrogens is 564 g/mol. The molecule has 0 aromatic heterocycles. The van der Waals surface area contributed by atoms with E-state index in [2.05, 4.69) is 22.1 Å². The molecule has 0 saturated carbocycles. The van der Waals surface area contributed by atoms with Crippen molar-refractivity contribution in [2.45, 2.75) is 26.3 Å². The van der Waals surface area contributed by atoms with Crippen LogP contribution in [0.3, 0.4) is 0 Å². The van der Waals surface area contributed by atoms with Crippen LogP contribution in [0.1, 0.15) is 25.0 Å². The number of carbonyl (C=O) groups is 3. The first-order valence-electron chi connectivity index (χ1n) is 14.4. The third-order valence-electron chi connectivity index (χ3n) is 7.56. The zero-order valence-electron chi connectivity index (χ0n) is 24.3. The molecule has 9 heteroatoms. The SMILES string of the molecule is C=C1C=C(C(=O)NC(Cc2ccc(Cl)cc2)C(=O)N2CCN(c3ccccc3NC(=O)C(C)C)CC2)Oc2ccccc21. The number of carbonyl (C=O) groups excluding carboxylic acids is 3. The zero-order valence-corrected chi connectivity index (χ0v) is 25.1. The fraction of sp³-hybridized carbons (Fsp3) is 0.265. The summed E-state index contributed by atoms with van der Waals surface area (Å²) in [4.78, 5) is 43.6. The van der Waals surface area contributed by atoms with Gasteiger partial charge in [0.15, 0.2) is 5.76 Å². The van der Waals surface area contributed by atoms with Crippen molar-refractivity contribution in [2.24, 2.45) is 5.92 Å². The van der Waals surface area contributed by atoms with Gasteiger partial charge in [-0.25, -0.2) is 0 Å². The normalized spacial score (nSPS) is 15.3. The summed E-state index contributed by atoms with van der Waals surface area (Å²) in [6.45, 7) is 9.84. The summed E-state index contributed by atoms with van der Waals surface area (Å²) in [5, 5.41) is 6.53. The van der Waals surface area contributed by atoms with Gasteiger partial charge in [-0.15, -0.1) is 0 Å². The molecule has 2 aliphatic rings. The van der Waals surface area contributed by atoms with E-state index in [4.69, 9.17) is 16.3 Å². The van der Waals surface area contributed by atoms with Crippen LogP contribution in [-0.4, -0.2) is 54.8 Å². The van der Waals surface area contributed by atoms with Crippen molar-refractivity contribution >= 4 is 46.3 Å². The van der Waals surface area contributed by atoms with Gasteiger partial charge in [0.25, 0.3) is 5.91 Å². The molecule has 1 fully saturated rings. The molecule has 3 amide bonds. The maximum Gasteiger partial charge on any atom is 0.287 e. The summed E-state index contributed by atoms with van der Waals surface area (Å²) >= 11 is 6.09. The maximum atomic E-state index is 13.9. The zero-order chi connectivity index (χ0) is 30.5. The number of anilines is 2. The molecule has 0 bridgehead atoms. The standard InChI is InChI=1S/C34H35ClN4O4/c1-22(2)32(40)36-27-9-5-6-10-29(27)38-16-18-39(19-17-38)34(42)28(21-24-12-14-25(35)15-13-24)37-33(41)31-20-23(3)26-8-4-7-11-30(26)43-31/h4-15,20,22,28H,3,16-19,21H2,1-2H3,(H,36,40)(H,37,41). The molecule has 3 aromatic rings. The Morgan fingerprint density at radius 3 is 2.33 bits per heavy atom. The van der Waals surface area contributed by atoms with Crippen molar-refractivity contribution in [2.75, 3.05) is 36.4 Å². The Morgan fingerprint density at radius 1 is 0.930 bits per heavy atom. The lowest BCUT2D eigenvalue weighted by atomic mass is 10.0. The molecule has 2 N–H and O–H groups in total. The van der Waals surface area contributed by atoms with E-state index in [-0.39, 0.29) is 29.9 Å². The molecule has 1 atom stereocenters. The van der Waals surface area contributed by atoms with Crippen LogP contribution in [-0.2, 0) is 20.8 Å². The van der Waals surface area contributed by atoms with E-state index >= 15 is 0 Å². The highest BCUT2D eigenvalue weighted by atomic mass is 35.5. The smallest absolute Gasteiger partial charge is 0.287 e. The number of hydrogen-bond acceptors (Lipinski definition) is 5. The molecule has 8 nitrogen and oxygen atoms in total. The Kier molecular flexibility index (Phi) is 9.16. The topological polar surface area (TPSA) is 91.0 Å². The second-order valence-electron chi connectivity index (χ2n) is 11.0. The number of para-hydroxylation sites is 3. The van der Waals surface area contributed by atoms with Gasteiger partial charge in [-0.3, -0.25) is 14.4 Å². The molecular formula is C34H35ClN4O4. The van der Waals surface area contributed by atoms with E-state index in [0.29, 0.717) is 42.5 Å². The third kappa shape index (κ3) is 7.09. The van der Waals surface area contributed by atoms with Crippen LogP contribution in [0.25, 0.3) is 5.57 Å². The van der Waals surface area contributed by atoms with E-state index in [1.54, 1.807) is 29.2 Å². The lowest BCUT2D eigenvalue weighted by molar-refractivity contribution is -0.136. The largest absolute Gasteiger partial charge is 0.451 e. The highest BCUT2D eigenvalue weighted by Gasteiger charge is 2.31. The average Bonchev–Trinajstić information content (AvgIpc) is 3.01. The van der Waals surface area contributed by atoms with Gasteiger partial charge in [0.2, 0.25) is 11.8 Å². The van der Waals surface area contributed by atoms with E-state index in [1.807, 2.05) is 68.4 Å². The third-order valence-corrected chi connectivity index (χ3v) is 7.81. The summed E-state index contributed by atoms with van der Waals surface area (Å²) in [6.07, 6.45) is 1.88. The minimum Gasteiger partial charge on any atom is -0.451 e. The highest BCUT2D eigenvalue weighted by molar-refractivity contribution is 6.30. The Morgan fingerprint density at radius 2 is 1.60 bits per heavy atom. The van der Waals surface area contributed by atoms with Crippen LogP contribution in [0.15, 0.2) is 91.2 Å². The molecule has 1 saturated heterocycles. The van der Waals surface area contributed by atoms with E-state index in [9.17, 15) is 14.4 Å². The van der Waals surface area contributed by atoms with Gasteiger partial charge in [-0.2, -0.15) is 0 Å². The number of fused-ring (bicyclic) bond motifs is 1. The van der Waals surface area contributed by atoms with Crippen LogP contribution >= 0.6 is 11.6 Å². The first-order chi connectivity index (χ1) is 20.7. The van der Waals surface area contributed by atoms with E-state index in [0.717, 1.165) is 22.5 Å². The maximum absolute atomic E-state index is 13.9. The molecule has 0 spiro atoms. The average molecular weight is 599 g/mol. The Labute approximate surface area is 257 Å². The number of rotatable bonds is 8. The van der Waals surface area contributed by atoms with Crippen LogP contribution in [0.2, 0.25) is 5.02 Å². The molecule has 2 heterocycles. The second kappa shape index (κ2) is 13.2. The van der Waals surface area contributed by atoms with Gasteiger partial charge in [-0.1, -0.05) is 74.5 Å². The minimum atomic E-state index is -0.826. The van der Waals surface area contributed by atoms with E-state index < -0.39 is 11.9 Å². The van der Waals surface area contributed by atoms with Crippen molar-refractivity contribution in [3.8, 4) is 5.75 Å². The van der Waals surface area contributed by atoms with Crippen molar-refractivity contribution in [1.29, 1.82) is 0 Å². The molecule has 43 heavy (non-hydrogen) atoms. The number of hydrogen-bond donors (Lipinski definition) is 2. The van der Waals surface area contributed by atoms with Gasteiger partial charge in [0.05, 0.1) is 11.4 Å². The monoisotopic (exact) mass is 598 g/mol. The van der Waals surface area contributed by atoms with Gasteiger partial charge in [-0.05, 0) is 47.5 Å². The quantitative estimate of drug-likeness (QED) is 0.367. The summed E-state index contributed by atoms with van der Waals surface area (Å²) in [5.41, 5.74) is 4.00. The molecule has 3 aromatic carbocycles. The molecule has 0 aliphatic carbocycles. The van der Waals surface area contributed by atoms with Gasteiger partial charge in [0, 0.05) is 49.1 Å². The molecule has 1 unspecified atom stereocenters. The fourth-order valence-electron chi connectivity index (χ4n) is 5.12. The number of nitrogens with zero attached hydrogens (tertiary/aromatic N) is 2. The summed E-state index contributed by atoms with van der Waals surface area (Å²) in [6, 6.07) is 21.5. The number of halogens is 1. The highest BCUT2D eigenvalue weighted by Crippen LogP contribution is 2.32. The first kappa shape index (κ1) is 29.9. The number of allylic oxidation sites excluding steroid dienone is 2. The number of benzene rings is 3. The Balaban J connectivity index is 1.30. The number of amides is 3. The van der Waals surface area contributed by atoms with Crippen LogP contribution in [0.4, 0.5) is 11.4 Å². The molecule has 2 aliphatic heterocycles. The van der Waals surface area contributed by atoms with Gasteiger partial charge in [0.1, 0.15) is 11.8 Å². The number of nitrogens with one attached hydrogen (secondary N) is 2. The predicted molar refractivity (Wildman–Crippen MR) is 170 cm³/mol. The van der Waals surface area contributed by atoms with Gasteiger partial charge >= 0.3 is 0 Å². The number of piperazine rings is 1. The second-order valence-corrected chi connectivity index (χ2v) is 11.4. The summed E-state index contributed by atoms with van der Waals surface area (Å²) in [7, 11) is 0. The van der Waals surface area contributed by atoms with Crippen molar-refractivity contribution in [3.63, 3.8) is 0 Å². The fourth-order valence-corrected chi connectivity index (χ4v) is 5.25. The van der Waals surface area contributed by atoms with E-state index in [1.165, 1.54) is 0 Å². The van der Waals surface area contributed by atoms with Gasteiger partial charge < -0.3 is 25.2 Å². The minimum absolute atomic E-state index is 0.0498. The summed E-state index contributed by atoms with van der Waals surface area (Å²) < 4.78 is 5.88. The molecule has 0 radical (unpaired) electrons. The molecule has 5 rings (SSSR count). The number of ether oxygens (including phenoxy) is 1. The first-order valence-corrected chi connectivity index (χ1v) is 14.7. The predicted octanol–water partition coefficient (Wildman–Crippen LogP) is 5.30. The lowest BCUT2D eigenvalue weighted by Crippen LogP contribution is -2.56. The van der Waals surface area contributed by atoms with Crippen molar-refractivity contribution in [3.05, 3.63) is 107 Å². The summed E-state index contributed by atoms with van der Waals surface area (Å²) in [5.74, 6) is -0.232. The van der Waals surface area contributed by atoms with Crippen LogP contribution in [0, 0.1) is 5.92 Å². The Hall–Kier alpha value is -4.56. The Bertz CT molecular complexity index is 1560. The van der Waals surface area contributed by atoms with Crippen LogP contribution in [0.5, 0.6) is 5.75 Å². The van der Waals surface area contributed by atoms with Crippen LogP contribution < -0.4 is 20.3 Å². The van der Waals surface area contributed by atoms with Crippen molar-refractivity contribution in [1.82, 2.24) is 10.2 Å². The lowest BCUT2D eigenvalue weighted by Gasteiger charge is -2.38.